The lowest BCUT2D eigenvalue weighted by atomic mass is 9.98. The molecule has 0 aliphatic carbocycles. The molecule has 1 amide bonds. The second-order valence-corrected chi connectivity index (χ2v) is 7.09. The molecule has 4 rings (SSSR count). The molecule has 1 saturated heterocycles. The van der Waals surface area contributed by atoms with E-state index in [-0.39, 0.29) is 5.91 Å². The Balaban J connectivity index is 1.44. The van der Waals surface area contributed by atoms with Gasteiger partial charge in [0.1, 0.15) is 11.3 Å². The van der Waals surface area contributed by atoms with Crippen molar-refractivity contribution in [3.8, 4) is 0 Å². The highest BCUT2D eigenvalue weighted by Crippen LogP contribution is 2.24. The van der Waals surface area contributed by atoms with Crippen LogP contribution in [0.25, 0.3) is 5.65 Å². The zero-order valence-electron chi connectivity index (χ0n) is 15.1. The number of carbonyl (C=O) groups excluding carboxylic acids is 1. The number of carboxylic acid groups (broad SMARTS) is 1. The minimum atomic E-state index is -0.915. The SMILES string of the molecule is Cc1c(C(=O)N2CCC(Cc3ccc(C(=O)O)cc3)C2)nc2ccccn12. The number of aromatic carboxylic acids is 1. The number of carbonyl (C=O) groups is 2. The fraction of sp³-hybridized carbons (Fsp3) is 0.286. The Morgan fingerprint density at radius 2 is 1.96 bits per heavy atom. The fourth-order valence-electron chi connectivity index (χ4n) is 3.77. The molecule has 27 heavy (non-hydrogen) atoms. The van der Waals surface area contributed by atoms with Gasteiger partial charge in [0.25, 0.3) is 5.91 Å². The second-order valence-electron chi connectivity index (χ2n) is 7.09. The third kappa shape index (κ3) is 3.30. The van der Waals surface area contributed by atoms with Crippen molar-refractivity contribution in [1.82, 2.24) is 14.3 Å². The summed E-state index contributed by atoms with van der Waals surface area (Å²) in [5.41, 5.74) is 3.57. The van der Waals surface area contributed by atoms with Gasteiger partial charge in [0.05, 0.1) is 11.3 Å². The first kappa shape index (κ1) is 17.3. The first-order chi connectivity index (χ1) is 13.0. The number of imidazole rings is 1. The molecule has 6 nitrogen and oxygen atoms in total. The van der Waals surface area contributed by atoms with Crippen LogP contribution in [-0.2, 0) is 6.42 Å². The molecule has 1 atom stereocenters. The van der Waals surface area contributed by atoms with Crippen LogP contribution in [0.5, 0.6) is 0 Å². The van der Waals surface area contributed by atoms with E-state index in [1.54, 1.807) is 12.1 Å². The van der Waals surface area contributed by atoms with Crippen LogP contribution in [0.4, 0.5) is 0 Å². The molecule has 1 aliphatic heterocycles. The van der Waals surface area contributed by atoms with Crippen molar-refractivity contribution in [2.24, 2.45) is 5.92 Å². The van der Waals surface area contributed by atoms with E-state index in [1.807, 2.05) is 52.8 Å². The highest BCUT2D eigenvalue weighted by molar-refractivity contribution is 5.94. The number of benzene rings is 1. The van der Waals surface area contributed by atoms with E-state index in [4.69, 9.17) is 5.11 Å². The van der Waals surface area contributed by atoms with Crippen LogP contribution in [0.1, 0.15) is 38.5 Å². The molecule has 0 bridgehead atoms. The quantitative estimate of drug-likeness (QED) is 0.773. The van der Waals surface area contributed by atoms with E-state index in [9.17, 15) is 9.59 Å². The second kappa shape index (κ2) is 6.87. The lowest BCUT2D eigenvalue weighted by molar-refractivity contribution is 0.0696. The van der Waals surface area contributed by atoms with E-state index < -0.39 is 5.97 Å². The Morgan fingerprint density at radius 3 is 2.67 bits per heavy atom. The highest BCUT2D eigenvalue weighted by Gasteiger charge is 2.29. The third-order valence-electron chi connectivity index (χ3n) is 5.27. The van der Waals surface area contributed by atoms with Crippen molar-refractivity contribution in [2.75, 3.05) is 13.1 Å². The highest BCUT2D eigenvalue weighted by atomic mass is 16.4. The Hall–Kier alpha value is -3.15. The Bertz CT molecular complexity index is 1010. The van der Waals surface area contributed by atoms with Crippen molar-refractivity contribution in [1.29, 1.82) is 0 Å². The zero-order valence-corrected chi connectivity index (χ0v) is 15.1. The van der Waals surface area contributed by atoms with Gasteiger partial charge >= 0.3 is 5.97 Å². The number of pyridine rings is 1. The summed E-state index contributed by atoms with van der Waals surface area (Å²) in [6.07, 6.45) is 3.70. The molecule has 138 valence electrons. The van der Waals surface area contributed by atoms with Crippen LogP contribution >= 0.6 is 0 Å². The summed E-state index contributed by atoms with van der Waals surface area (Å²) in [5, 5.41) is 8.99. The molecule has 1 aromatic carbocycles. The van der Waals surface area contributed by atoms with Gasteiger partial charge in [0.2, 0.25) is 0 Å². The van der Waals surface area contributed by atoms with Gasteiger partial charge in [0, 0.05) is 19.3 Å². The summed E-state index contributed by atoms with van der Waals surface area (Å²) in [4.78, 5) is 30.3. The summed E-state index contributed by atoms with van der Waals surface area (Å²) in [7, 11) is 0. The molecule has 1 aliphatic rings. The molecule has 1 fully saturated rings. The topological polar surface area (TPSA) is 74.9 Å². The molecule has 3 aromatic rings. The number of aromatic nitrogens is 2. The van der Waals surface area contributed by atoms with E-state index >= 15 is 0 Å². The first-order valence-corrected chi connectivity index (χ1v) is 9.08. The number of amides is 1. The van der Waals surface area contributed by atoms with Crippen molar-refractivity contribution in [3.05, 3.63) is 71.2 Å². The van der Waals surface area contributed by atoms with E-state index in [0.29, 0.717) is 23.7 Å². The zero-order chi connectivity index (χ0) is 19.0. The van der Waals surface area contributed by atoms with E-state index in [0.717, 1.165) is 36.3 Å². The van der Waals surface area contributed by atoms with Crippen molar-refractivity contribution < 1.29 is 14.7 Å². The van der Waals surface area contributed by atoms with Crippen LogP contribution < -0.4 is 0 Å². The summed E-state index contributed by atoms with van der Waals surface area (Å²) in [6, 6.07) is 12.7. The third-order valence-corrected chi connectivity index (χ3v) is 5.27. The molecule has 2 aromatic heterocycles. The van der Waals surface area contributed by atoms with Crippen LogP contribution in [0, 0.1) is 12.8 Å². The predicted molar refractivity (Wildman–Crippen MR) is 101 cm³/mol. The number of carboxylic acids is 1. The average Bonchev–Trinajstić information content (AvgIpc) is 3.27. The molecular formula is C21H21N3O3. The normalized spacial score (nSPS) is 16.8. The lowest BCUT2D eigenvalue weighted by Gasteiger charge is -2.16. The van der Waals surface area contributed by atoms with Gasteiger partial charge in [-0.1, -0.05) is 18.2 Å². The number of likely N-dealkylation sites (tertiary alicyclic amines) is 1. The molecule has 6 heteroatoms. The Labute approximate surface area is 157 Å². The van der Waals surface area contributed by atoms with Crippen LogP contribution in [0.15, 0.2) is 48.7 Å². The van der Waals surface area contributed by atoms with Gasteiger partial charge in [-0.3, -0.25) is 4.79 Å². The monoisotopic (exact) mass is 363 g/mol. The molecule has 3 heterocycles. The first-order valence-electron chi connectivity index (χ1n) is 9.08. The summed E-state index contributed by atoms with van der Waals surface area (Å²) in [6.45, 7) is 3.35. The number of hydrogen-bond acceptors (Lipinski definition) is 3. The average molecular weight is 363 g/mol. The molecule has 0 saturated carbocycles. The smallest absolute Gasteiger partial charge is 0.335 e. The van der Waals surface area contributed by atoms with Gasteiger partial charge in [-0.2, -0.15) is 0 Å². The maximum Gasteiger partial charge on any atom is 0.335 e. The number of aryl methyl sites for hydroxylation is 1. The minimum Gasteiger partial charge on any atom is -0.478 e. The molecule has 1 N–H and O–H groups in total. The molecule has 0 spiro atoms. The number of fused-ring (bicyclic) bond motifs is 1. The standard InChI is InChI=1S/C21H21N3O3/c1-14-19(22-18-4-2-3-10-24(14)18)20(25)23-11-9-16(13-23)12-15-5-7-17(8-6-15)21(26)27/h2-8,10,16H,9,11-13H2,1H3,(H,26,27). The number of rotatable bonds is 4. The van der Waals surface area contributed by atoms with E-state index in [2.05, 4.69) is 4.98 Å². The number of hydrogen-bond donors (Lipinski definition) is 1. The summed E-state index contributed by atoms with van der Waals surface area (Å²) < 4.78 is 1.94. The minimum absolute atomic E-state index is 0.0140. The summed E-state index contributed by atoms with van der Waals surface area (Å²) in [5.74, 6) is -0.552. The predicted octanol–water partition coefficient (Wildman–Crippen LogP) is 3.05. The number of nitrogens with zero attached hydrogens (tertiary/aromatic N) is 3. The van der Waals surface area contributed by atoms with Crippen molar-refractivity contribution in [2.45, 2.75) is 19.8 Å². The van der Waals surface area contributed by atoms with Gasteiger partial charge in [0.15, 0.2) is 0 Å². The maximum atomic E-state index is 12.9. The van der Waals surface area contributed by atoms with Gasteiger partial charge in [-0.05, 0) is 55.5 Å². The Morgan fingerprint density at radius 1 is 1.19 bits per heavy atom. The summed E-state index contributed by atoms with van der Waals surface area (Å²) >= 11 is 0. The van der Waals surface area contributed by atoms with E-state index in [1.165, 1.54) is 0 Å². The molecular weight excluding hydrogens is 342 g/mol. The van der Waals surface area contributed by atoms with Crippen molar-refractivity contribution in [3.63, 3.8) is 0 Å². The van der Waals surface area contributed by atoms with Crippen molar-refractivity contribution >= 4 is 17.5 Å². The van der Waals surface area contributed by atoms with Gasteiger partial charge < -0.3 is 14.4 Å². The maximum absolute atomic E-state index is 12.9. The Kier molecular flexibility index (Phi) is 4.39. The fourth-order valence-corrected chi connectivity index (χ4v) is 3.77. The largest absolute Gasteiger partial charge is 0.478 e. The van der Waals surface area contributed by atoms with Crippen LogP contribution in [0.2, 0.25) is 0 Å². The van der Waals surface area contributed by atoms with Gasteiger partial charge in [-0.25, -0.2) is 9.78 Å². The molecule has 0 radical (unpaired) electrons. The van der Waals surface area contributed by atoms with Gasteiger partial charge in [-0.15, -0.1) is 0 Å². The lowest BCUT2D eigenvalue weighted by Crippen LogP contribution is -2.29. The van der Waals surface area contributed by atoms with Crippen LogP contribution in [0.3, 0.4) is 0 Å². The van der Waals surface area contributed by atoms with Crippen LogP contribution in [-0.4, -0.2) is 44.4 Å². The molecule has 1 unspecified atom stereocenters.